The van der Waals surface area contributed by atoms with Crippen molar-refractivity contribution in [3.8, 4) is 11.1 Å². The smallest absolute Gasteiger partial charge is 0.340 e. The van der Waals surface area contributed by atoms with Gasteiger partial charge in [-0.3, -0.25) is 0 Å². The number of halogens is 1. The molecule has 0 aromatic heterocycles. The van der Waals surface area contributed by atoms with Crippen molar-refractivity contribution < 1.29 is 18.7 Å². The van der Waals surface area contributed by atoms with E-state index in [0.29, 0.717) is 11.3 Å². The van der Waals surface area contributed by atoms with Gasteiger partial charge in [0.15, 0.2) is 0 Å². The van der Waals surface area contributed by atoms with E-state index >= 15 is 0 Å². The van der Waals surface area contributed by atoms with Crippen molar-refractivity contribution in [2.24, 2.45) is 4.99 Å². The van der Waals surface area contributed by atoms with Crippen molar-refractivity contribution >= 4 is 17.7 Å². The van der Waals surface area contributed by atoms with Gasteiger partial charge in [-0.05, 0) is 35.4 Å². The summed E-state index contributed by atoms with van der Waals surface area (Å²) in [7, 11) is 1.20. The van der Waals surface area contributed by atoms with E-state index in [-0.39, 0.29) is 5.56 Å². The Bertz CT molecular complexity index is 689. The molecule has 2 aromatic carbocycles. The fourth-order valence-corrected chi connectivity index (χ4v) is 1.75. The van der Waals surface area contributed by atoms with Crippen LogP contribution in [0.2, 0.25) is 0 Å². The summed E-state index contributed by atoms with van der Waals surface area (Å²) in [6, 6.07) is 10.9. The normalized spacial score (nSPS) is 9.70. The molecule has 0 saturated carbocycles. The van der Waals surface area contributed by atoms with Gasteiger partial charge in [0.25, 0.3) is 0 Å². The molecule has 0 aliphatic heterocycles. The molecule has 0 amide bonds. The van der Waals surface area contributed by atoms with Crippen LogP contribution in [0.25, 0.3) is 11.1 Å². The van der Waals surface area contributed by atoms with E-state index in [0.717, 1.165) is 5.56 Å². The van der Waals surface area contributed by atoms with Crippen LogP contribution in [0.1, 0.15) is 10.4 Å². The van der Waals surface area contributed by atoms with Crippen LogP contribution in [0.15, 0.2) is 47.5 Å². The standard InChI is InChI=1S/C15H10FNO3/c1-20-15(19)13-7-4-11(8-14(13)16)10-2-5-12(6-3-10)17-9-18/h2-8H,1H3. The molecule has 0 fully saturated rings. The van der Waals surface area contributed by atoms with Gasteiger partial charge in [-0.25, -0.2) is 14.0 Å². The number of ether oxygens (including phenoxy) is 1. The number of hydrogen-bond donors (Lipinski definition) is 0. The summed E-state index contributed by atoms with van der Waals surface area (Å²) in [6.45, 7) is 0. The number of isocyanates is 1. The molecule has 2 rings (SSSR count). The number of rotatable bonds is 3. The van der Waals surface area contributed by atoms with Crippen LogP contribution < -0.4 is 0 Å². The largest absolute Gasteiger partial charge is 0.465 e. The summed E-state index contributed by atoms with van der Waals surface area (Å²) in [6.07, 6.45) is 1.44. The summed E-state index contributed by atoms with van der Waals surface area (Å²) in [5, 5.41) is 0. The number of hydrogen-bond acceptors (Lipinski definition) is 4. The molecule has 0 saturated heterocycles. The van der Waals surface area contributed by atoms with Crippen LogP contribution >= 0.6 is 0 Å². The molecular weight excluding hydrogens is 261 g/mol. The van der Waals surface area contributed by atoms with Gasteiger partial charge >= 0.3 is 5.97 Å². The highest BCUT2D eigenvalue weighted by Crippen LogP contribution is 2.24. The molecule has 0 bridgehead atoms. The summed E-state index contributed by atoms with van der Waals surface area (Å²) in [5.41, 5.74) is 1.70. The van der Waals surface area contributed by atoms with Gasteiger partial charge in [-0.15, -0.1) is 0 Å². The van der Waals surface area contributed by atoms with E-state index in [4.69, 9.17) is 0 Å². The lowest BCUT2D eigenvalue weighted by Crippen LogP contribution is -2.04. The second-order valence-electron chi connectivity index (χ2n) is 3.94. The number of nitrogens with zero attached hydrogens (tertiary/aromatic N) is 1. The Balaban J connectivity index is 2.36. The second-order valence-corrected chi connectivity index (χ2v) is 3.94. The Morgan fingerprint density at radius 3 is 2.35 bits per heavy atom. The first-order valence-corrected chi connectivity index (χ1v) is 5.72. The van der Waals surface area contributed by atoms with Crippen molar-refractivity contribution in [3.63, 3.8) is 0 Å². The van der Waals surface area contributed by atoms with Crippen molar-refractivity contribution in [1.29, 1.82) is 0 Å². The molecule has 0 atom stereocenters. The molecule has 0 N–H and O–H groups in total. The lowest BCUT2D eigenvalue weighted by atomic mass is 10.0. The number of aliphatic imine (C=N–C) groups is 1. The SMILES string of the molecule is COC(=O)c1ccc(-c2ccc(N=C=O)cc2)cc1F. The van der Waals surface area contributed by atoms with Gasteiger partial charge in [0, 0.05) is 0 Å². The molecular formula is C15H10FNO3. The van der Waals surface area contributed by atoms with Crippen LogP contribution in [0.5, 0.6) is 0 Å². The molecule has 0 spiro atoms. The number of methoxy groups -OCH3 is 1. The highest BCUT2D eigenvalue weighted by atomic mass is 19.1. The van der Waals surface area contributed by atoms with E-state index in [1.165, 1.54) is 25.3 Å². The van der Waals surface area contributed by atoms with Crippen molar-refractivity contribution in [2.75, 3.05) is 7.11 Å². The summed E-state index contributed by atoms with van der Waals surface area (Å²) in [4.78, 5) is 24.9. The van der Waals surface area contributed by atoms with Crippen LogP contribution in [0, 0.1) is 5.82 Å². The molecule has 0 heterocycles. The minimum absolute atomic E-state index is 0.113. The third kappa shape index (κ3) is 2.79. The van der Waals surface area contributed by atoms with Gasteiger partial charge in [-0.2, -0.15) is 4.99 Å². The predicted molar refractivity (Wildman–Crippen MR) is 71.0 cm³/mol. The molecule has 2 aromatic rings. The quantitative estimate of drug-likeness (QED) is 0.489. The predicted octanol–water partition coefficient (Wildman–Crippen LogP) is 3.25. The van der Waals surface area contributed by atoms with Crippen LogP contribution in [-0.4, -0.2) is 19.2 Å². The van der Waals surface area contributed by atoms with Crippen LogP contribution in [0.4, 0.5) is 10.1 Å². The number of benzene rings is 2. The van der Waals surface area contributed by atoms with Crippen LogP contribution in [-0.2, 0) is 9.53 Å². The summed E-state index contributed by atoms with van der Waals surface area (Å²) in [5.74, 6) is -1.37. The van der Waals surface area contributed by atoms with Gasteiger partial charge in [-0.1, -0.05) is 18.2 Å². The Kier molecular flexibility index (Phi) is 4.03. The molecule has 0 unspecified atom stereocenters. The molecule has 0 aliphatic rings. The third-order valence-electron chi connectivity index (χ3n) is 2.75. The zero-order valence-electron chi connectivity index (χ0n) is 10.6. The monoisotopic (exact) mass is 271 g/mol. The minimum atomic E-state index is -0.718. The van der Waals surface area contributed by atoms with E-state index < -0.39 is 11.8 Å². The lowest BCUT2D eigenvalue weighted by molar-refractivity contribution is 0.0595. The highest BCUT2D eigenvalue weighted by Gasteiger charge is 2.12. The van der Waals surface area contributed by atoms with Crippen molar-refractivity contribution in [3.05, 3.63) is 53.8 Å². The zero-order chi connectivity index (χ0) is 14.5. The van der Waals surface area contributed by atoms with Gasteiger partial charge in [0.2, 0.25) is 6.08 Å². The fraction of sp³-hybridized carbons (Fsp3) is 0.0667. The third-order valence-corrected chi connectivity index (χ3v) is 2.75. The Morgan fingerprint density at radius 2 is 1.80 bits per heavy atom. The van der Waals surface area contributed by atoms with Gasteiger partial charge in [0.1, 0.15) is 5.82 Å². The lowest BCUT2D eigenvalue weighted by Gasteiger charge is -2.05. The maximum atomic E-state index is 13.8. The first-order chi connectivity index (χ1) is 9.65. The van der Waals surface area contributed by atoms with Gasteiger partial charge < -0.3 is 4.74 Å². The Labute approximate surface area is 114 Å². The number of carbonyl (C=O) groups is 1. The molecule has 0 radical (unpaired) electrons. The first kappa shape index (κ1) is 13.6. The van der Waals surface area contributed by atoms with Crippen molar-refractivity contribution in [2.45, 2.75) is 0 Å². The molecule has 4 nitrogen and oxygen atoms in total. The second kappa shape index (κ2) is 5.91. The molecule has 100 valence electrons. The molecule has 5 heteroatoms. The van der Waals surface area contributed by atoms with E-state index in [2.05, 4.69) is 9.73 Å². The average Bonchev–Trinajstić information content (AvgIpc) is 2.47. The summed E-state index contributed by atoms with van der Waals surface area (Å²) < 4.78 is 18.3. The minimum Gasteiger partial charge on any atom is -0.465 e. The van der Waals surface area contributed by atoms with E-state index in [1.807, 2.05) is 0 Å². The average molecular weight is 271 g/mol. The van der Waals surface area contributed by atoms with Gasteiger partial charge in [0.05, 0.1) is 18.4 Å². The topological polar surface area (TPSA) is 55.7 Å². The van der Waals surface area contributed by atoms with Crippen molar-refractivity contribution in [1.82, 2.24) is 0 Å². The summed E-state index contributed by atoms with van der Waals surface area (Å²) >= 11 is 0. The van der Waals surface area contributed by atoms with E-state index in [9.17, 15) is 14.0 Å². The number of esters is 1. The van der Waals surface area contributed by atoms with E-state index in [1.54, 1.807) is 30.3 Å². The molecule has 20 heavy (non-hydrogen) atoms. The Hall–Kier alpha value is -2.78. The fourth-order valence-electron chi connectivity index (χ4n) is 1.75. The van der Waals surface area contributed by atoms with Crippen LogP contribution in [0.3, 0.4) is 0 Å². The molecule has 0 aliphatic carbocycles. The Morgan fingerprint density at radius 1 is 1.15 bits per heavy atom. The number of carbonyl (C=O) groups excluding carboxylic acids is 2. The maximum Gasteiger partial charge on any atom is 0.340 e. The zero-order valence-corrected chi connectivity index (χ0v) is 10.6. The highest BCUT2D eigenvalue weighted by molar-refractivity contribution is 5.90. The first-order valence-electron chi connectivity index (χ1n) is 5.72. The maximum absolute atomic E-state index is 13.8.